The summed E-state index contributed by atoms with van der Waals surface area (Å²) < 4.78 is 0. The highest BCUT2D eigenvalue weighted by Gasteiger charge is 2.06. The molecule has 0 amide bonds. The lowest BCUT2D eigenvalue weighted by atomic mass is 10.0. The molecule has 100 valence electrons. The monoisotopic (exact) mass is 264 g/mol. The minimum absolute atomic E-state index is 0.491. The van der Waals surface area contributed by atoms with Crippen molar-refractivity contribution in [1.29, 1.82) is 0 Å². The molecular weight excluding hydrogens is 248 g/mol. The maximum atomic E-state index is 5.71. The number of anilines is 2. The summed E-state index contributed by atoms with van der Waals surface area (Å²) in [6, 6.07) is 14.2. The Kier molecular flexibility index (Phi) is 2.99. The van der Waals surface area contributed by atoms with Gasteiger partial charge in [0, 0.05) is 31.4 Å². The van der Waals surface area contributed by atoms with Gasteiger partial charge in [-0.15, -0.1) is 0 Å². The summed E-state index contributed by atoms with van der Waals surface area (Å²) in [5.41, 5.74) is 9.83. The van der Waals surface area contributed by atoms with E-state index in [9.17, 15) is 0 Å². The van der Waals surface area contributed by atoms with Gasteiger partial charge in [0.15, 0.2) is 5.65 Å². The Hall–Kier alpha value is -2.62. The van der Waals surface area contributed by atoms with Crippen LogP contribution >= 0.6 is 0 Å². The van der Waals surface area contributed by atoms with Crippen molar-refractivity contribution in [3.8, 4) is 11.1 Å². The Labute approximate surface area is 117 Å². The molecule has 4 nitrogen and oxygen atoms in total. The van der Waals surface area contributed by atoms with Crippen LogP contribution in [0.5, 0.6) is 0 Å². The molecule has 0 aliphatic carbocycles. The number of rotatable bonds is 2. The van der Waals surface area contributed by atoms with Crippen LogP contribution in [0.1, 0.15) is 0 Å². The number of nitrogen functional groups attached to an aromatic ring is 1. The number of hydrogen-bond acceptors (Lipinski definition) is 4. The molecule has 0 atom stereocenters. The van der Waals surface area contributed by atoms with Crippen molar-refractivity contribution in [3.05, 3.63) is 48.7 Å². The molecule has 0 radical (unpaired) electrons. The molecule has 4 heteroatoms. The normalized spacial score (nSPS) is 10.7. The molecule has 0 fully saturated rings. The Balaban J connectivity index is 2.14. The lowest BCUT2D eigenvalue weighted by Crippen LogP contribution is -2.07. The largest absolute Gasteiger partial charge is 0.384 e. The molecule has 0 aliphatic heterocycles. The zero-order valence-electron chi connectivity index (χ0n) is 11.5. The molecule has 0 saturated carbocycles. The van der Waals surface area contributed by atoms with Crippen LogP contribution in [0.4, 0.5) is 11.5 Å². The minimum Gasteiger partial charge on any atom is -0.384 e. The highest BCUT2D eigenvalue weighted by Crippen LogP contribution is 2.28. The fourth-order valence-corrected chi connectivity index (χ4v) is 2.23. The second-order valence-corrected chi connectivity index (χ2v) is 4.91. The summed E-state index contributed by atoms with van der Waals surface area (Å²) in [4.78, 5) is 10.6. The molecule has 2 N–H and O–H groups in total. The van der Waals surface area contributed by atoms with Crippen LogP contribution in [0, 0.1) is 0 Å². The van der Waals surface area contributed by atoms with Crippen molar-refractivity contribution >= 4 is 22.5 Å². The molecule has 1 aromatic carbocycles. The highest BCUT2D eigenvalue weighted by molar-refractivity contribution is 5.93. The highest BCUT2D eigenvalue weighted by atomic mass is 15.1. The van der Waals surface area contributed by atoms with Crippen LogP contribution in [-0.4, -0.2) is 24.1 Å². The number of aromatic nitrogens is 2. The first-order valence-electron chi connectivity index (χ1n) is 6.44. The second kappa shape index (κ2) is 4.81. The maximum Gasteiger partial charge on any atom is 0.162 e. The molecular formula is C16H16N4. The molecule has 0 bridgehead atoms. The SMILES string of the molecule is CN(C)c1ccc(-c2ccnc3nc(N)ccc23)cc1. The number of nitrogens with two attached hydrogens (primary N) is 1. The van der Waals surface area contributed by atoms with Gasteiger partial charge in [-0.05, 0) is 41.5 Å². The summed E-state index contributed by atoms with van der Waals surface area (Å²) in [5.74, 6) is 0.491. The second-order valence-electron chi connectivity index (χ2n) is 4.91. The van der Waals surface area contributed by atoms with Crippen LogP contribution in [-0.2, 0) is 0 Å². The molecule has 20 heavy (non-hydrogen) atoms. The van der Waals surface area contributed by atoms with Gasteiger partial charge in [-0.2, -0.15) is 0 Å². The van der Waals surface area contributed by atoms with Gasteiger partial charge in [0.2, 0.25) is 0 Å². The molecule has 0 aliphatic rings. The van der Waals surface area contributed by atoms with Crippen molar-refractivity contribution in [2.75, 3.05) is 24.7 Å². The van der Waals surface area contributed by atoms with Crippen molar-refractivity contribution in [3.63, 3.8) is 0 Å². The lowest BCUT2D eigenvalue weighted by molar-refractivity contribution is 1.13. The summed E-state index contributed by atoms with van der Waals surface area (Å²) >= 11 is 0. The molecule has 3 aromatic rings. The van der Waals surface area contributed by atoms with Crippen molar-refractivity contribution in [1.82, 2.24) is 9.97 Å². The van der Waals surface area contributed by atoms with E-state index < -0.39 is 0 Å². The smallest absolute Gasteiger partial charge is 0.162 e. The topological polar surface area (TPSA) is 55.0 Å². The summed E-state index contributed by atoms with van der Waals surface area (Å²) in [6.45, 7) is 0. The van der Waals surface area contributed by atoms with Gasteiger partial charge in [0.05, 0.1) is 0 Å². The number of fused-ring (bicyclic) bond motifs is 1. The summed E-state index contributed by atoms with van der Waals surface area (Å²) in [5, 5.41) is 1.01. The zero-order chi connectivity index (χ0) is 14.1. The first kappa shape index (κ1) is 12.4. The van der Waals surface area contributed by atoms with E-state index >= 15 is 0 Å². The first-order chi connectivity index (χ1) is 9.65. The number of pyridine rings is 2. The molecule has 3 rings (SSSR count). The maximum absolute atomic E-state index is 5.71. The summed E-state index contributed by atoms with van der Waals surface area (Å²) in [6.07, 6.45) is 1.77. The van der Waals surface area contributed by atoms with Gasteiger partial charge in [-0.1, -0.05) is 12.1 Å². The predicted molar refractivity (Wildman–Crippen MR) is 83.7 cm³/mol. The number of hydrogen-bond donors (Lipinski definition) is 1. The molecule has 0 saturated heterocycles. The molecule has 2 aromatic heterocycles. The third kappa shape index (κ3) is 2.16. The van der Waals surface area contributed by atoms with Crippen molar-refractivity contribution in [2.45, 2.75) is 0 Å². The molecule has 0 unspecified atom stereocenters. The van der Waals surface area contributed by atoms with E-state index in [2.05, 4.69) is 39.1 Å². The summed E-state index contributed by atoms with van der Waals surface area (Å²) in [7, 11) is 4.06. The van der Waals surface area contributed by atoms with Crippen LogP contribution in [0.25, 0.3) is 22.2 Å². The van der Waals surface area contributed by atoms with E-state index in [1.807, 2.05) is 32.3 Å². The van der Waals surface area contributed by atoms with Gasteiger partial charge in [0.1, 0.15) is 5.82 Å². The Bertz CT molecular complexity index is 748. The van der Waals surface area contributed by atoms with Gasteiger partial charge in [0.25, 0.3) is 0 Å². The van der Waals surface area contributed by atoms with E-state index in [1.165, 1.54) is 5.69 Å². The predicted octanol–water partition coefficient (Wildman–Crippen LogP) is 2.95. The quantitative estimate of drug-likeness (QED) is 0.773. The fraction of sp³-hybridized carbons (Fsp3) is 0.125. The van der Waals surface area contributed by atoms with Gasteiger partial charge >= 0.3 is 0 Å². The third-order valence-corrected chi connectivity index (χ3v) is 3.32. The van der Waals surface area contributed by atoms with E-state index in [0.29, 0.717) is 11.5 Å². The van der Waals surface area contributed by atoms with Gasteiger partial charge in [-0.25, -0.2) is 9.97 Å². The average Bonchev–Trinajstić information content (AvgIpc) is 2.46. The van der Waals surface area contributed by atoms with E-state index in [-0.39, 0.29) is 0 Å². The van der Waals surface area contributed by atoms with Crippen LogP contribution in [0.3, 0.4) is 0 Å². The lowest BCUT2D eigenvalue weighted by Gasteiger charge is -2.13. The Morgan fingerprint density at radius 2 is 1.70 bits per heavy atom. The van der Waals surface area contributed by atoms with Crippen LogP contribution in [0.2, 0.25) is 0 Å². The van der Waals surface area contributed by atoms with Crippen LogP contribution < -0.4 is 10.6 Å². The van der Waals surface area contributed by atoms with E-state index in [0.717, 1.165) is 16.5 Å². The zero-order valence-corrected chi connectivity index (χ0v) is 11.5. The minimum atomic E-state index is 0.491. The average molecular weight is 264 g/mol. The Morgan fingerprint density at radius 3 is 2.40 bits per heavy atom. The third-order valence-electron chi connectivity index (χ3n) is 3.32. The van der Waals surface area contributed by atoms with Crippen molar-refractivity contribution < 1.29 is 0 Å². The number of nitrogens with zero attached hydrogens (tertiary/aromatic N) is 3. The van der Waals surface area contributed by atoms with Gasteiger partial charge in [-0.3, -0.25) is 0 Å². The van der Waals surface area contributed by atoms with Crippen LogP contribution in [0.15, 0.2) is 48.7 Å². The van der Waals surface area contributed by atoms with Crippen molar-refractivity contribution in [2.24, 2.45) is 0 Å². The number of benzene rings is 1. The molecule has 2 heterocycles. The standard InChI is InChI=1S/C16H16N4/c1-20(2)12-5-3-11(4-6-12)13-9-10-18-16-14(13)7-8-15(17)19-16/h3-10H,1-2H3,(H2,17,18,19). The van der Waals surface area contributed by atoms with E-state index in [1.54, 1.807) is 6.20 Å². The first-order valence-corrected chi connectivity index (χ1v) is 6.44. The van der Waals surface area contributed by atoms with Gasteiger partial charge < -0.3 is 10.6 Å². The fourth-order valence-electron chi connectivity index (χ4n) is 2.23. The Morgan fingerprint density at radius 1 is 0.950 bits per heavy atom. The molecule has 0 spiro atoms. The van der Waals surface area contributed by atoms with E-state index in [4.69, 9.17) is 5.73 Å².